The summed E-state index contributed by atoms with van der Waals surface area (Å²) < 4.78 is 0. The minimum Gasteiger partial charge on any atom is -0.329 e. The molecule has 78 valence electrons. The maximum atomic E-state index is 5.52. The highest BCUT2D eigenvalue weighted by Gasteiger charge is 2.16. The zero-order valence-corrected chi connectivity index (χ0v) is 8.15. The van der Waals surface area contributed by atoms with E-state index in [1.165, 1.54) is 0 Å². The minimum absolute atomic E-state index is 0.207. The van der Waals surface area contributed by atoms with E-state index in [2.05, 4.69) is 9.80 Å². The summed E-state index contributed by atoms with van der Waals surface area (Å²) >= 11 is 0. The third-order valence-corrected chi connectivity index (χ3v) is 2.38. The van der Waals surface area contributed by atoms with Gasteiger partial charge in [-0.2, -0.15) is 0 Å². The van der Waals surface area contributed by atoms with E-state index in [1.807, 2.05) is 0 Å². The van der Waals surface area contributed by atoms with Crippen molar-refractivity contribution in [3.8, 4) is 0 Å². The second-order valence-electron chi connectivity index (χ2n) is 3.59. The first-order chi connectivity index (χ1) is 6.22. The zero-order valence-electron chi connectivity index (χ0n) is 8.15. The molecule has 1 rings (SSSR count). The molecule has 13 heavy (non-hydrogen) atoms. The van der Waals surface area contributed by atoms with Gasteiger partial charge in [-0.25, -0.2) is 0 Å². The second-order valence-corrected chi connectivity index (χ2v) is 3.59. The van der Waals surface area contributed by atoms with Crippen molar-refractivity contribution < 1.29 is 0 Å². The van der Waals surface area contributed by atoms with Crippen LogP contribution in [0.4, 0.5) is 0 Å². The first-order valence-corrected chi connectivity index (χ1v) is 4.88. The van der Waals surface area contributed by atoms with Gasteiger partial charge in [0.05, 0.1) is 6.17 Å². The van der Waals surface area contributed by atoms with Crippen LogP contribution < -0.4 is 17.2 Å². The molecule has 5 nitrogen and oxygen atoms in total. The average molecular weight is 187 g/mol. The van der Waals surface area contributed by atoms with E-state index in [4.69, 9.17) is 17.2 Å². The van der Waals surface area contributed by atoms with Crippen molar-refractivity contribution in [2.45, 2.75) is 6.17 Å². The molecule has 0 aromatic carbocycles. The van der Waals surface area contributed by atoms with Crippen molar-refractivity contribution in [1.29, 1.82) is 0 Å². The van der Waals surface area contributed by atoms with E-state index < -0.39 is 0 Å². The molecule has 1 fully saturated rings. The van der Waals surface area contributed by atoms with Crippen LogP contribution in [0, 0.1) is 0 Å². The summed E-state index contributed by atoms with van der Waals surface area (Å²) in [4.78, 5) is 4.68. The van der Waals surface area contributed by atoms with Gasteiger partial charge in [-0.3, -0.25) is 9.80 Å². The van der Waals surface area contributed by atoms with Crippen LogP contribution in [0.25, 0.3) is 0 Å². The number of hydrogen-bond acceptors (Lipinski definition) is 5. The highest BCUT2D eigenvalue weighted by molar-refractivity contribution is 4.73. The molecule has 1 aliphatic heterocycles. The van der Waals surface area contributed by atoms with Gasteiger partial charge in [0.2, 0.25) is 0 Å². The van der Waals surface area contributed by atoms with Crippen molar-refractivity contribution in [2.75, 3.05) is 45.8 Å². The Morgan fingerprint density at radius 3 is 2.00 bits per heavy atom. The Morgan fingerprint density at radius 2 is 1.54 bits per heavy atom. The lowest BCUT2D eigenvalue weighted by molar-refractivity contribution is 0.130. The standard InChI is InChI=1S/C8H21N5/c9-1-2-12-3-5-13(6-4-12)7-8(10)11/h8H,1-7,9-11H2. The molecule has 6 N–H and O–H groups in total. The second kappa shape index (κ2) is 5.51. The molecule has 0 aliphatic carbocycles. The van der Waals surface area contributed by atoms with Gasteiger partial charge >= 0.3 is 0 Å². The van der Waals surface area contributed by atoms with Gasteiger partial charge in [0, 0.05) is 45.8 Å². The predicted octanol–water partition coefficient (Wildman–Crippen LogP) is -2.19. The molecule has 1 aliphatic rings. The largest absolute Gasteiger partial charge is 0.329 e. The molecule has 0 aromatic heterocycles. The van der Waals surface area contributed by atoms with Crippen molar-refractivity contribution in [1.82, 2.24) is 9.80 Å². The third-order valence-electron chi connectivity index (χ3n) is 2.38. The first kappa shape index (κ1) is 10.9. The van der Waals surface area contributed by atoms with E-state index in [9.17, 15) is 0 Å². The number of nitrogens with zero attached hydrogens (tertiary/aromatic N) is 2. The molecule has 0 spiro atoms. The van der Waals surface area contributed by atoms with Gasteiger partial charge in [-0.15, -0.1) is 0 Å². The lowest BCUT2D eigenvalue weighted by atomic mass is 10.3. The van der Waals surface area contributed by atoms with Crippen LogP contribution in [0.2, 0.25) is 0 Å². The quantitative estimate of drug-likeness (QED) is 0.435. The van der Waals surface area contributed by atoms with Gasteiger partial charge < -0.3 is 17.2 Å². The van der Waals surface area contributed by atoms with Gasteiger partial charge in [-0.05, 0) is 0 Å². The molecule has 1 heterocycles. The smallest absolute Gasteiger partial charge is 0.0652 e. The maximum Gasteiger partial charge on any atom is 0.0652 e. The first-order valence-electron chi connectivity index (χ1n) is 4.88. The summed E-state index contributed by atoms with van der Waals surface area (Å²) in [6.45, 7) is 6.85. The van der Waals surface area contributed by atoms with Crippen molar-refractivity contribution in [3.63, 3.8) is 0 Å². The van der Waals surface area contributed by atoms with Crippen LogP contribution in [0.3, 0.4) is 0 Å². The van der Waals surface area contributed by atoms with Crippen LogP contribution in [0.1, 0.15) is 0 Å². The van der Waals surface area contributed by atoms with Crippen LogP contribution in [-0.2, 0) is 0 Å². The summed E-state index contributed by atoms with van der Waals surface area (Å²) in [7, 11) is 0. The summed E-state index contributed by atoms with van der Waals surface area (Å²) in [6, 6.07) is 0. The summed E-state index contributed by atoms with van der Waals surface area (Å²) in [5.41, 5.74) is 16.5. The highest BCUT2D eigenvalue weighted by atomic mass is 15.3. The molecular formula is C8H21N5. The van der Waals surface area contributed by atoms with Crippen molar-refractivity contribution in [3.05, 3.63) is 0 Å². The van der Waals surface area contributed by atoms with E-state index in [1.54, 1.807) is 0 Å². The molecule has 0 unspecified atom stereocenters. The molecule has 0 bridgehead atoms. The lowest BCUT2D eigenvalue weighted by Gasteiger charge is -2.35. The molecule has 0 atom stereocenters. The van der Waals surface area contributed by atoms with Crippen LogP contribution in [0.15, 0.2) is 0 Å². The topological polar surface area (TPSA) is 84.5 Å². The number of nitrogens with two attached hydrogens (primary N) is 3. The number of piperazine rings is 1. The van der Waals surface area contributed by atoms with E-state index >= 15 is 0 Å². The fourth-order valence-corrected chi connectivity index (χ4v) is 1.68. The molecular weight excluding hydrogens is 166 g/mol. The average Bonchev–Trinajstić information content (AvgIpc) is 2.08. The van der Waals surface area contributed by atoms with Crippen LogP contribution in [0.5, 0.6) is 0 Å². The normalized spacial score (nSPS) is 21.2. The Hall–Kier alpha value is -0.200. The monoisotopic (exact) mass is 187 g/mol. The van der Waals surface area contributed by atoms with Gasteiger partial charge in [-0.1, -0.05) is 0 Å². The van der Waals surface area contributed by atoms with E-state index in [0.717, 1.165) is 45.8 Å². The Labute approximate surface area is 79.8 Å². The molecule has 5 heteroatoms. The van der Waals surface area contributed by atoms with Crippen molar-refractivity contribution >= 4 is 0 Å². The van der Waals surface area contributed by atoms with Crippen LogP contribution >= 0.6 is 0 Å². The third kappa shape index (κ3) is 4.02. The molecule has 0 radical (unpaired) electrons. The lowest BCUT2D eigenvalue weighted by Crippen LogP contribution is -2.52. The molecule has 1 saturated heterocycles. The van der Waals surface area contributed by atoms with Crippen LogP contribution in [-0.4, -0.2) is 61.8 Å². The highest BCUT2D eigenvalue weighted by Crippen LogP contribution is 1.99. The molecule has 0 saturated carbocycles. The zero-order chi connectivity index (χ0) is 9.68. The van der Waals surface area contributed by atoms with Gasteiger partial charge in [0.25, 0.3) is 0 Å². The van der Waals surface area contributed by atoms with Crippen molar-refractivity contribution in [2.24, 2.45) is 17.2 Å². The van der Waals surface area contributed by atoms with Gasteiger partial charge in [0.15, 0.2) is 0 Å². The summed E-state index contributed by atoms with van der Waals surface area (Å²) in [5.74, 6) is 0. The Balaban J connectivity index is 2.15. The SMILES string of the molecule is NCCN1CCN(CC(N)N)CC1. The Kier molecular flexibility index (Phi) is 4.61. The van der Waals surface area contributed by atoms with E-state index in [-0.39, 0.29) is 6.17 Å². The van der Waals surface area contributed by atoms with Gasteiger partial charge in [0.1, 0.15) is 0 Å². The fraction of sp³-hybridized carbons (Fsp3) is 1.00. The summed E-state index contributed by atoms with van der Waals surface area (Å²) in [6.07, 6.45) is -0.207. The maximum absolute atomic E-state index is 5.52. The van der Waals surface area contributed by atoms with E-state index in [0.29, 0.717) is 0 Å². The minimum atomic E-state index is -0.207. The Bertz CT molecular complexity index is 130. The predicted molar refractivity (Wildman–Crippen MR) is 54.1 cm³/mol. The fourth-order valence-electron chi connectivity index (χ4n) is 1.68. The molecule has 0 amide bonds. The summed E-state index contributed by atoms with van der Waals surface area (Å²) in [5, 5.41) is 0. The molecule has 0 aromatic rings. The number of hydrogen-bond donors (Lipinski definition) is 3. The Morgan fingerprint density at radius 1 is 1.00 bits per heavy atom. The number of rotatable bonds is 4.